The predicted molar refractivity (Wildman–Crippen MR) is 90.2 cm³/mol. The second-order valence-corrected chi connectivity index (χ2v) is 8.59. The van der Waals surface area contributed by atoms with Crippen molar-refractivity contribution in [1.29, 1.82) is 0 Å². The maximum atomic E-state index is 6.19. The molecule has 1 saturated carbocycles. The van der Waals surface area contributed by atoms with Gasteiger partial charge >= 0.3 is 0 Å². The molecular formula is C17H32N2OS. The molecule has 2 heterocycles. The van der Waals surface area contributed by atoms with Crippen molar-refractivity contribution in [3.8, 4) is 0 Å². The van der Waals surface area contributed by atoms with E-state index < -0.39 is 0 Å². The summed E-state index contributed by atoms with van der Waals surface area (Å²) in [5.74, 6) is 10.9. The molecule has 122 valence electrons. The molecule has 3 N–H and O–H groups in total. The van der Waals surface area contributed by atoms with Gasteiger partial charge in [-0.3, -0.25) is 11.3 Å². The maximum absolute atomic E-state index is 6.19. The Morgan fingerprint density at radius 2 is 2.24 bits per heavy atom. The first-order valence-electron chi connectivity index (χ1n) is 8.94. The number of thioether (sulfide) groups is 1. The third kappa shape index (κ3) is 3.60. The number of hydrogen-bond donors (Lipinski definition) is 2. The van der Waals surface area contributed by atoms with Gasteiger partial charge in [-0.2, -0.15) is 11.8 Å². The van der Waals surface area contributed by atoms with E-state index in [0.29, 0.717) is 12.0 Å². The topological polar surface area (TPSA) is 47.3 Å². The minimum absolute atomic E-state index is 0.182. The van der Waals surface area contributed by atoms with Crippen LogP contribution in [0, 0.1) is 17.8 Å². The number of hydrogen-bond acceptors (Lipinski definition) is 4. The molecule has 4 heteroatoms. The Labute approximate surface area is 134 Å². The summed E-state index contributed by atoms with van der Waals surface area (Å²) in [6.45, 7) is 3.28. The molecule has 1 aliphatic carbocycles. The summed E-state index contributed by atoms with van der Waals surface area (Å²) in [6.07, 6.45) is 10.6. The second kappa shape index (κ2) is 7.20. The van der Waals surface area contributed by atoms with Gasteiger partial charge in [-0.15, -0.1) is 0 Å². The van der Waals surface area contributed by atoms with Crippen LogP contribution in [0.15, 0.2) is 0 Å². The van der Waals surface area contributed by atoms with Crippen molar-refractivity contribution in [1.82, 2.24) is 5.43 Å². The van der Waals surface area contributed by atoms with E-state index in [-0.39, 0.29) is 5.60 Å². The summed E-state index contributed by atoms with van der Waals surface area (Å²) in [4.78, 5) is 0. The lowest BCUT2D eigenvalue weighted by atomic mass is 9.70. The SMILES string of the molecule is CCC1CCCC(C(NN)C2CCOC3(CCSC3)C2)C1. The molecule has 3 rings (SSSR count). The van der Waals surface area contributed by atoms with Crippen molar-refractivity contribution >= 4 is 11.8 Å². The maximum Gasteiger partial charge on any atom is 0.0783 e. The third-order valence-electron chi connectivity index (χ3n) is 6.21. The molecule has 0 aromatic heterocycles. The van der Waals surface area contributed by atoms with Crippen LogP contribution in [0.2, 0.25) is 0 Å². The minimum atomic E-state index is 0.182. The highest BCUT2D eigenvalue weighted by Gasteiger charge is 2.44. The Morgan fingerprint density at radius 1 is 1.33 bits per heavy atom. The van der Waals surface area contributed by atoms with Gasteiger partial charge in [0.05, 0.1) is 5.60 Å². The average Bonchev–Trinajstić information content (AvgIpc) is 2.96. The van der Waals surface area contributed by atoms with Gasteiger partial charge in [0.15, 0.2) is 0 Å². The summed E-state index contributed by atoms with van der Waals surface area (Å²) < 4.78 is 6.19. The molecule has 0 bridgehead atoms. The van der Waals surface area contributed by atoms with Gasteiger partial charge in [0, 0.05) is 18.4 Å². The highest BCUT2D eigenvalue weighted by atomic mass is 32.2. The van der Waals surface area contributed by atoms with Crippen LogP contribution in [0.5, 0.6) is 0 Å². The fraction of sp³-hybridized carbons (Fsp3) is 1.00. The van der Waals surface area contributed by atoms with Gasteiger partial charge in [-0.05, 0) is 55.6 Å². The van der Waals surface area contributed by atoms with Gasteiger partial charge in [0.2, 0.25) is 0 Å². The number of rotatable bonds is 4. The normalized spacial score (nSPS) is 42.3. The Bertz CT molecular complexity index is 333. The lowest BCUT2D eigenvalue weighted by molar-refractivity contribution is -0.0899. The van der Waals surface area contributed by atoms with E-state index in [4.69, 9.17) is 10.6 Å². The fourth-order valence-electron chi connectivity index (χ4n) is 4.92. The molecule has 2 aliphatic heterocycles. The molecule has 5 atom stereocenters. The zero-order valence-corrected chi connectivity index (χ0v) is 14.3. The molecule has 0 radical (unpaired) electrons. The van der Waals surface area contributed by atoms with Crippen molar-refractivity contribution in [2.24, 2.45) is 23.6 Å². The first-order chi connectivity index (χ1) is 10.3. The van der Waals surface area contributed by atoms with E-state index in [1.54, 1.807) is 0 Å². The zero-order chi connectivity index (χ0) is 14.7. The summed E-state index contributed by atoms with van der Waals surface area (Å²) in [5, 5.41) is 0. The average molecular weight is 313 g/mol. The molecule has 5 unspecified atom stereocenters. The molecule has 21 heavy (non-hydrogen) atoms. The largest absolute Gasteiger partial charge is 0.374 e. The second-order valence-electron chi connectivity index (χ2n) is 7.48. The van der Waals surface area contributed by atoms with Crippen molar-refractivity contribution < 1.29 is 4.74 Å². The molecule has 0 amide bonds. The van der Waals surface area contributed by atoms with Crippen LogP contribution in [0.4, 0.5) is 0 Å². The first kappa shape index (κ1) is 16.1. The highest BCUT2D eigenvalue weighted by molar-refractivity contribution is 7.99. The number of ether oxygens (including phenoxy) is 1. The van der Waals surface area contributed by atoms with E-state index in [2.05, 4.69) is 24.1 Å². The van der Waals surface area contributed by atoms with Gasteiger partial charge in [0.25, 0.3) is 0 Å². The standard InChI is InChI=1S/C17H32N2OS/c1-2-13-4-3-5-14(10-13)16(19-18)15-6-8-20-17(11-15)7-9-21-12-17/h13-16,19H,2-12,18H2,1H3. The Balaban J connectivity index is 1.64. The highest BCUT2D eigenvalue weighted by Crippen LogP contribution is 2.44. The van der Waals surface area contributed by atoms with E-state index in [9.17, 15) is 0 Å². The summed E-state index contributed by atoms with van der Waals surface area (Å²) in [7, 11) is 0. The van der Waals surface area contributed by atoms with Crippen LogP contribution in [0.3, 0.4) is 0 Å². The molecule has 1 spiro atoms. The Morgan fingerprint density at radius 3 is 2.95 bits per heavy atom. The zero-order valence-electron chi connectivity index (χ0n) is 13.5. The quantitative estimate of drug-likeness (QED) is 0.617. The van der Waals surface area contributed by atoms with Crippen molar-refractivity contribution in [2.75, 3.05) is 18.1 Å². The smallest absolute Gasteiger partial charge is 0.0783 e. The van der Waals surface area contributed by atoms with E-state index >= 15 is 0 Å². The van der Waals surface area contributed by atoms with Crippen LogP contribution in [-0.2, 0) is 4.74 Å². The minimum Gasteiger partial charge on any atom is -0.374 e. The van der Waals surface area contributed by atoms with Gasteiger partial charge in [-0.25, -0.2) is 0 Å². The fourth-order valence-corrected chi connectivity index (χ4v) is 6.30. The van der Waals surface area contributed by atoms with E-state index in [0.717, 1.165) is 18.4 Å². The lowest BCUT2D eigenvalue weighted by Crippen LogP contribution is -2.52. The molecule has 0 aromatic carbocycles. The summed E-state index contributed by atoms with van der Waals surface area (Å²) >= 11 is 2.06. The van der Waals surface area contributed by atoms with Crippen LogP contribution in [0.1, 0.15) is 58.3 Å². The Hall–Kier alpha value is 0.230. The van der Waals surface area contributed by atoms with Crippen molar-refractivity contribution in [3.63, 3.8) is 0 Å². The van der Waals surface area contributed by atoms with Crippen molar-refractivity contribution in [2.45, 2.75) is 69.9 Å². The summed E-state index contributed by atoms with van der Waals surface area (Å²) in [5.41, 5.74) is 3.41. The molecule has 3 nitrogen and oxygen atoms in total. The van der Waals surface area contributed by atoms with Crippen LogP contribution in [-0.4, -0.2) is 29.8 Å². The van der Waals surface area contributed by atoms with Gasteiger partial charge in [0.1, 0.15) is 0 Å². The molecule has 0 aromatic rings. The van der Waals surface area contributed by atoms with Crippen LogP contribution in [0.25, 0.3) is 0 Å². The Kier molecular flexibility index (Phi) is 5.52. The summed E-state index contributed by atoms with van der Waals surface area (Å²) in [6, 6.07) is 0.505. The number of nitrogens with one attached hydrogen (secondary N) is 1. The van der Waals surface area contributed by atoms with Crippen LogP contribution < -0.4 is 11.3 Å². The number of hydrazine groups is 1. The molecular weight excluding hydrogens is 280 g/mol. The molecule has 2 saturated heterocycles. The van der Waals surface area contributed by atoms with E-state index in [1.807, 2.05) is 0 Å². The lowest BCUT2D eigenvalue weighted by Gasteiger charge is -2.44. The number of nitrogens with two attached hydrogens (primary N) is 1. The predicted octanol–water partition coefficient (Wildman–Crippen LogP) is 3.34. The third-order valence-corrected chi connectivity index (χ3v) is 7.43. The van der Waals surface area contributed by atoms with E-state index in [1.165, 1.54) is 62.9 Å². The van der Waals surface area contributed by atoms with Gasteiger partial charge < -0.3 is 4.74 Å². The monoisotopic (exact) mass is 312 g/mol. The first-order valence-corrected chi connectivity index (χ1v) is 10.1. The van der Waals surface area contributed by atoms with Crippen LogP contribution >= 0.6 is 11.8 Å². The van der Waals surface area contributed by atoms with Crippen molar-refractivity contribution in [3.05, 3.63) is 0 Å². The molecule has 3 fully saturated rings. The van der Waals surface area contributed by atoms with Gasteiger partial charge in [-0.1, -0.05) is 26.2 Å². The molecule has 3 aliphatic rings.